The van der Waals surface area contributed by atoms with E-state index in [1.165, 1.54) is 0 Å². The van der Waals surface area contributed by atoms with Crippen LogP contribution in [0.5, 0.6) is 0 Å². The number of hydrogen-bond donors (Lipinski definition) is 2. The Morgan fingerprint density at radius 3 is 1.95 bits per heavy atom. The van der Waals surface area contributed by atoms with Crippen molar-refractivity contribution in [1.29, 1.82) is 0 Å². The lowest BCUT2D eigenvalue weighted by molar-refractivity contribution is 0.142. The van der Waals surface area contributed by atoms with Crippen molar-refractivity contribution in [3.05, 3.63) is 61.3 Å². The summed E-state index contributed by atoms with van der Waals surface area (Å²) in [7, 11) is 0. The molecule has 0 rings (SSSR count). The van der Waals surface area contributed by atoms with Crippen LogP contribution in [0.4, 0.5) is 0 Å². The molecule has 0 aliphatic rings. The van der Waals surface area contributed by atoms with E-state index in [2.05, 4.69) is 49.1 Å². The second-order valence-corrected chi connectivity index (χ2v) is 4.79. The van der Waals surface area contributed by atoms with Gasteiger partial charge in [0.15, 0.2) is 0 Å². The molecule has 0 bridgehead atoms. The van der Waals surface area contributed by atoms with Crippen molar-refractivity contribution >= 4 is 0 Å². The van der Waals surface area contributed by atoms with Gasteiger partial charge in [0, 0.05) is 6.04 Å². The van der Waals surface area contributed by atoms with Gasteiger partial charge < -0.3 is 10.8 Å². The normalized spacial score (nSPS) is 15.8. The Kier molecular flexibility index (Phi) is 13.1. The summed E-state index contributed by atoms with van der Waals surface area (Å²) in [5.74, 6) is 0. The maximum atomic E-state index is 9.51. The lowest BCUT2D eigenvalue weighted by Gasteiger charge is -2.12. The summed E-state index contributed by atoms with van der Waals surface area (Å²) in [5, 5.41) is 9.51. The van der Waals surface area contributed by atoms with Crippen molar-refractivity contribution < 1.29 is 5.11 Å². The summed E-state index contributed by atoms with van der Waals surface area (Å²) in [6, 6.07) is -0.142. The Labute approximate surface area is 124 Å². The molecule has 0 aromatic heterocycles. The van der Waals surface area contributed by atoms with Crippen LogP contribution in [0.25, 0.3) is 0 Å². The molecule has 0 fully saturated rings. The lowest BCUT2D eigenvalue weighted by atomic mass is 10.1. The first-order valence-electron chi connectivity index (χ1n) is 7.34. The molecule has 0 aromatic carbocycles. The van der Waals surface area contributed by atoms with Crippen LogP contribution < -0.4 is 5.73 Å². The van der Waals surface area contributed by atoms with Gasteiger partial charge in [-0.25, -0.2) is 0 Å². The summed E-state index contributed by atoms with van der Waals surface area (Å²) in [4.78, 5) is 0. The average Bonchev–Trinajstić information content (AvgIpc) is 2.43. The van der Waals surface area contributed by atoms with Gasteiger partial charge in [0.25, 0.3) is 0 Å². The van der Waals surface area contributed by atoms with E-state index in [4.69, 9.17) is 5.73 Å². The van der Waals surface area contributed by atoms with Gasteiger partial charge in [-0.05, 0) is 39.0 Å². The van der Waals surface area contributed by atoms with E-state index in [-0.39, 0.29) is 6.04 Å². The van der Waals surface area contributed by atoms with Gasteiger partial charge in [-0.15, -0.1) is 0 Å². The molecule has 0 heterocycles. The quantitative estimate of drug-likeness (QED) is 0.441. The van der Waals surface area contributed by atoms with Gasteiger partial charge in [0.05, 0.1) is 6.10 Å². The maximum Gasteiger partial charge on any atom is 0.0691 e. The molecule has 3 N–H and O–H groups in total. The smallest absolute Gasteiger partial charge is 0.0691 e. The topological polar surface area (TPSA) is 46.2 Å². The summed E-state index contributed by atoms with van der Waals surface area (Å²) < 4.78 is 0. The predicted molar refractivity (Wildman–Crippen MR) is 89.5 cm³/mol. The molecule has 0 aromatic rings. The number of nitrogens with two attached hydrogens (primary N) is 1. The number of rotatable bonds is 11. The first-order chi connectivity index (χ1) is 9.68. The minimum atomic E-state index is -0.393. The Morgan fingerprint density at radius 1 is 0.950 bits per heavy atom. The van der Waals surface area contributed by atoms with Crippen LogP contribution in [-0.2, 0) is 0 Å². The summed E-state index contributed by atoms with van der Waals surface area (Å²) in [6.45, 7) is 5.45. The van der Waals surface area contributed by atoms with Gasteiger partial charge in [-0.3, -0.25) is 0 Å². The molecule has 2 atom stereocenters. The van der Waals surface area contributed by atoms with Crippen molar-refractivity contribution in [2.75, 3.05) is 0 Å². The molecule has 0 saturated carbocycles. The number of allylic oxidation sites excluding steroid dienone is 9. The molecular weight excluding hydrogens is 246 g/mol. The predicted octanol–water partition coefficient (Wildman–Crippen LogP) is 4.06. The largest absolute Gasteiger partial charge is 0.392 e. The third-order valence-electron chi connectivity index (χ3n) is 2.82. The summed E-state index contributed by atoms with van der Waals surface area (Å²) >= 11 is 0. The van der Waals surface area contributed by atoms with E-state index in [1.54, 1.807) is 6.08 Å². The van der Waals surface area contributed by atoms with Crippen LogP contribution in [0.3, 0.4) is 0 Å². The highest BCUT2D eigenvalue weighted by atomic mass is 16.3. The number of hydrogen-bond acceptors (Lipinski definition) is 2. The van der Waals surface area contributed by atoms with E-state index < -0.39 is 6.10 Å². The standard InChI is InChI=1S/C18H29NO/c1-3-4-5-6-7-8-9-10-11-12-13-14-15-16-18(20)17(2)19/h3-5,7-8,10-11,13-14,17-18,20H,1,6,9,12,15-16,19H2,2H3/b5-4-,8-7-,11-10-,14-13-/t17-,18-/m0/s1. The molecular formula is C18H29NO. The number of aliphatic hydroxyl groups is 1. The molecule has 0 spiro atoms. The van der Waals surface area contributed by atoms with Gasteiger partial charge in [0.1, 0.15) is 0 Å². The zero-order valence-electron chi connectivity index (χ0n) is 12.6. The minimum Gasteiger partial charge on any atom is -0.392 e. The van der Waals surface area contributed by atoms with Gasteiger partial charge in [-0.1, -0.05) is 61.3 Å². The van der Waals surface area contributed by atoms with E-state index in [9.17, 15) is 5.11 Å². The average molecular weight is 275 g/mol. The molecule has 20 heavy (non-hydrogen) atoms. The van der Waals surface area contributed by atoms with Crippen LogP contribution in [0.15, 0.2) is 61.3 Å². The van der Waals surface area contributed by atoms with Crippen LogP contribution in [0.2, 0.25) is 0 Å². The molecule has 2 heteroatoms. The summed E-state index contributed by atoms with van der Waals surface area (Å²) in [6.07, 6.45) is 22.8. The molecule has 0 aliphatic carbocycles. The van der Waals surface area contributed by atoms with Crippen molar-refractivity contribution in [2.45, 2.75) is 51.2 Å². The molecule has 0 radical (unpaired) electrons. The summed E-state index contributed by atoms with van der Waals surface area (Å²) in [5.41, 5.74) is 5.58. The zero-order chi connectivity index (χ0) is 15.1. The Bertz CT molecular complexity index is 337. The fraction of sp³-hybridized carbons (Fsp3) is 0.444. The van der Waals surface area contributed by atoms with E-state index in [1.807, 2.05) is 13.0 Å². The highest BCUT2D eigenvalue weighted by Gasteiger charge is 2.06. The maximum absolute atomic E-state index is 9.51. The SMILES string of the molecule is C=C/C=C\C/C=C\C/C=C\C/C=C\CC[C@H](O)[C@H](C)N. The Morgan fingerprint density at radius 2 is 1.45 bits per heavy atom. The first kappa shape index (κ1) is 18.6. The fourth-order valence-electron chi connectivity index (χ4n) is 1.54. The Balaban J connectivity index is 3.52. The first-order valence-corrected chi connectivity index (χ1v) is 7.34. The Hall–Kier alpha value is -1.38. The molecule has 0 saturated heterocycles. The highest BCUT2D eigenvalue weighted by Crippen LogP contribution is 2.02. The van der Waals surface area contributed by atoms with Crippen molar-refractivity contribution in [3.63, 3.8) is 0 Å². The van der Waals surface area contributed by atoms with Crippen LogP contribution in [0.1, 0.15) is 39.0 Å². The molecule has 0 amide bonds. The fourth-order valence-corrected chi connectivity index (χ4v) is 1.54. The molecule has 112 valence electrons. The lowest BCUT2D eigenvalue weighted by Crippen LogP contribution is -2.30. The monoisotopic (exact) mass is 275 g/mol. The van der Waals surface area contributed by atoms with Gasteiger partial charge >= 0.3 is 0 Å². The number of aliphatic hydroxyl groups excluding tert-OH is 1. The van der Waals surface area contributed by atoms with Crippen molar-refractivity contribution in [1.82, 2.24) is 0 Å². The molecule has 0 unspecified atom stereocenters. The second kappa shape index (κ2) is 14.0. The minimum absolute atomic E-state index is 0.142. The van der Waals surface area contributed by atoms with Crippen LogP contribution in [0, 0.1) is 0 Å². The van der Waals surface area contributed by atoms with Crippen molar-refractivity contribution in [3.8, 4) is 0 Å². The van der Waals surface area contributed by atoms with E-state index in [0.717, 1.165) is 32.1 Å². The van der Waals surface area contributed by atoms with Crippen molar-refractivity contribution in [2.24, 2.45) is 5.73 Å². The van der Waals surface area contributed by atoms with E-state index >= 15 is 0 Å². The zero-order valence-corrected chi connectivity index (χ0v) is 12.6. The van der Waals surface area contributed by atoms with Crippen LogP contribution >= 0.6 is 0 Å². The van der Waals surface area contributed by atoms with Crippen LogP contribution in [-0.4, -0.2) is 17.3 Å². The van der Waals surface area contributed by atoms with E-state index in [0.29, 0.717) is 0 Å². The third kappa shape index (κ3) is 13.1. The highest BCUT2D eigenvalue weighted by molar-refractivity contribution is 5.03. The van der Waals surface area contributed by atoms with Gasteiger partial charge in [0.2, 0.25) is 0 Å². The second-order valence-electron chi connectivity index (χ2n) is 4.79. The third-order valence-corrected chi connectivity index (χ3v) is 2.82. The molecule has 0 aliphatic heterocycles. The molecule has 2 nitrogen and oxygen atoms in total. The van der Waals surface area contributed by atoms with Gasteiger partial charge in [-0.2, -0.15) is 0 Å².